The number of aromatic nitrogens is 2. The minimum Gasteiger partial charge on any atom is -0.443 e. The number of halogens is 1. The second kappa shape index (κ2) is 20.8. The summed E-state index contributed by atoms with van der Waals surface area (Å²) in [6.07, 6.45) is 1.29. The number of ether oxygens (including phenoxy) is 6. The predicted octanol–water partition coefficient (Wildman–Crippen LogP) is 7.35. The third-order valence-corrected chi connectivity index (χ3v) is 8.67. The maximum Gasteiger partial charge on any atom is 0.416 e. The summed E-state index contributed by atoms with van der Waals surface area (Å²) in [4.78, 5) is 26.2. The average Bonchev–Trinajstić information content (AvgIpc) is 3.53. The van der Waals surface area contributed by atoms with Crippen LogP contribution in [0.1, 0.15) is 20.8 Å². The number of pyridine rings is 1. The van der Waals surface area contributed by atoms with Crippen molar-refractivity contribution < 1.29 is 33.2 Å². The van der Waals surface area contributed by atoms with E-state index in [4.69, 9.17) is 33.4 Å². The van der Waals surface area contributed by atoms with Crippen LogP contribution in [0.2, 0.25) is 0 Å². The molecule has 0 radical (unpaired) electrons. The van der Waals surface area contributed by atoms with Gasteiger partial charge in [0, 0.05) is 41.5 Å². The first-order valence-electron chi connectivity index (χ1n) is 16.7. The number of carbonyl (C=O) groups excluding carboxylic acids is 1. The van der Waals surface area contributed by atoms with Crippen LogP contribution in [0.15, 0.2) is 60.8 Å². The summed E-state index contributed by atoms with van der Waals surface area (Å²) < 4.78 is 35.5. The Morgan fingerprint density at radius 2 is 1.30 bits per heavy atom. The minimum atomic E-state index is -0.652. The van der Waals surface area contributed by atoms with Crippen LogP contribution in [0.4, 0.5) is 16.3 Å². The van der Waals surface area contributed by atoms with Gasteiger partial charge in [-0.25, -0.2) is 14.8 Å². The number of hydrogen-bond donors (Lipinski definition) is 0. The zero-order valence-electron chi connectivity index (χ0n) is 29.7. The van der Waals surface area contributed by atoms with Crippen molar-refractivity contribution in [1.29, 1.82) is 0 Å². The summed E-state index contributed by atoms with van der Waals surface area (Å²) in [5.41, 5.74) is 4.51. The van der Waals surface area contributed by atoms with Crippen molar-refractivity contribution in [1.82, 2.24) is 9.97 Å². The molecule has 0 unspecified atom stereocenters. The van der Waals surface area contributed by atoms with Crippen molar-refractivity contribution in [2.45, 2.75) is 26.4 Å². The smallest absolute Gasteiger partial charge is 0.416 e. The van der Waals surface area contributed by atoms with Gasteiger partial charge >= 0.3 is 6.09 Å². The SMILES string of the molecule is CN(C)c1ccc2nc(-c3ccc(-c4ccc(N(CCOCCOCCOCCOCCOCCI)C(=O)OC(C)(C)C)nc4)cc3)sc2c1. The van der Waals surface area contributed by atoms with E-state index in [-0.39, 0.29) is 6.54 Å². The highest BCUT2D eigenvalue weighted by atomic mass is 127. The highest BCUT2D eigenvalue weighted by Crippen LogP contribution is 2.33. The molecule has 13 heteroatoms. The largest absolute Gasteiger partial charge is 0.443 e. The van der Waals surface area contributed by atoms with Gasteiger partial charge in [0.15, 0.2) is 0 Å². The molecule has 0 aliphatic carbocycles. The monoisotopic (exact) mass is 820 g/mol. The molecule has 4 aromatic rings. The van der Waals surface area contributed by atoms with Gasteiger partial charge < -0.3 is 33.3 Å². The molecule has 11 nitrogen and oxygen atoms in total. The lowest BCUT2D eigenvalue weighted by molar-refractivity contribution is -0.00961. The van der Waals surface area contributed by atoms with Crippen LogP contribution in [0, 0.1) is 0 Å². The highest BCUT2D eigenvalue weighted by Gasteiger charge is 2.24. The number of alkyl halides is 1. The summed E-state index contributed by atoms with van der Waals surface area (Å²) >= 11 is 3.96. The van der Waals surface area contributed by atoms with Crippen molar-refractivity contribution >= 4 is 61.7 Å². The molecule has 0 N–H and O–H groups in total. The number of anilines is 2. The van der Waals surface area contributed by atoms with Gasteiger partial charge in [-0.05, 0) is 56.7 Å². The molecule has 2 aromatic carbocycles. The topological polar surface area (TPSA) is 105 Å². The molecule has 2 aromatic heterocycles. The molecule has 0 saturated heterocycles. The molecule has 0 spiro atoms. The van der Waals surface area contributed by atoms with Crippen LogP contribution >= 0.6 is 33.9 Å². The second-order valence-electron chi connectivity index (χ2n) is 12.4. The number of amides is 1. The summed E-state index contributed by atoms with van der Waals surface area (Å²) in [5.74, 6) is 0.486. The van der Waals surface area contributed by atoms with E-state index in [2.05, 4.69) is 74.9 Å². The Morgan fingerprint density at radius 1 is 0.740 bits per heavy atom. The number of carbonyl (C=O) groups is 1. The Balaban J connectivity index is 1.23. The normalized spacial score (nSPS) is 11.6. The zero-order valence-corrected chi connectivity index (χ0v) is 32.7. The molecular formula is C37H49IN4O7S. The molecule has 1 amide bonds. The fourth-order valence-electron chi connectivity index (χ4n) is 4.65. The lowest BCUT2D eigenvalue weighted by Crippen LogP contribution is -2.39. The Bertz CT molecular complexity index is 1580. The quantitative estimate of drug-likeness (QED) is 0.0482. The molecule has 50 heavy (non-hydrogen) atoms. The average molecular weight is 821 g/mol. The minimum absolute atomic E-state index is 0.278. The number of fused-ring (bicyclic) bond motifs is 1. The lowest BCUT2D eigenvalue weighted by Gasteiger charge is -2.26. The van der Waals surface area contributed by atoms with Gasteiger partial charge in [0.05, 0.1) is 82.8 Å². The van der Waals surface area contributed by atoms with E-state index in [0.29, 0.717) is 65.3 Å². The molecule has 0 aliphatic rings. The van der Waals surface area contributed by atoms with Gasteiger partial charge in [-0.3, -0.25) is 4.90 Å². The van der Waals surface area contributed by atoms with E-state index < -0.39 is 11.7 Å². The predicted molar refractivity (Wildman–Crippen MR) is 209 cm³/mol. The summed E-state index contributed by atoms with van der Waals surface area (Å²) in [6, 6.07) is 18.4. The van der Waals surface area contributed by atoms with Crippen molar-refractivity contribution in [2.24, 2.45) is 0 Å². The standard InChI is InChI=1S/C37H49IN4O7S/c1-37(2,3)49-36(43)42(15-17-45-19-21-47-23-25-48-24-22-46-20-18-44-16-14-38)34-13-10-30(27-39-34)28-6-8-29(9-7-28)35-40-32-12-11-31(41(4)5)26-33(32)50-35/h6-13,26-27H,14-25H2,1-5H3. The summed E-state index contributed by atoms with van der Waals surface area (Å²) in [5, 5.41) is 0.979. The number of hydrogen-bond acceptors (Lipinski definition) is 11. The van der Waals surface area contributed by atoms with Crippen LogP contribution < -0.4 is 9.80 Å². The van der Waals surface area contributed by atoms with Crippen LogP contribution in [0.3, 0.4) is 0 Å². The first-order valence-corrected chi connectivity index (χ1v) is 19.1. The molecule has 0 bridgehead atoms. The fraction of sp³-hybridized carbons (Fsp3) is 0.486. The van der Waals surface area contributed by atoms with Gasteiger partial charge in [0.2, 0.25) is 0 Å². The third-order valence-electron chi connectivity index (χ3n) is 7.16. The van der Waals surface area contributed by atoms with E-state index in [9.17, 15) is 4.79 Å². The van der Waals surface area contributed by atoms with E-state index in [1.807, 2.05) is 47.0 Å². The van der Waals surface area contributed by atoms with Gasteiger partial charge in [0.1, 0.15) is 16.4 Å². The molecule has 272 valence electrons. The summed E-state index contributed by atoms with van der Waals surface area (Å²) in [6.45, 7) is 10.8. The second-order valence-corrected chi connectivity index (χ2v) is 14.5. The van der Waals surface area contributed by atoms with Crippen molar-refractivity contribution in [2.75, 3.05) is 101 Å². The highest BCUT2D eigenvalue weighted by molar-refractivity contribution is 14.1. The lowest BCUT2D eigenvalue weighted by atomic mass is 10.1. The van der Waals surface area contributed by atoms with Crippen LogP contribution in [-0.2, 0) is 28.4 Å². The number of rotatable bonds is 21. The van der Waals surface area contributed by atoms with Gasteiger partial charge in [0.25, 0.3) is 0 Å². The van der Waals surface area contributed by atoms with E-state index >= 15 is 0 Å². The van der Waals surface area contributed by atoms with Crippen LogP contribution in [-0.4, -0.2) is 113 Å². The van der Waals surface area contributed by atoms with Crippen LogP contribution in [0.25, 0.3) is 31.9 Å². The molecule has 0 saturated carbocycles. The van der Waals surface area contributed by atoms with E-state index in [1.165, 1.54) is 4.90 Å². The van der Waals surface area contributed by atoms with E-state index in [0.717, 1.165) is 48.6 Å². The third kappa shape index (κ3) is 13.3. The Kier molecular flexibility index (Phi) is 16.6. The number of benzene rings is 2. The first-order chi connectivity index (χ1) is 24.1. The first kappa shape index (κ1) is 39.9. The van der Waals surface area contributed by atoms with E-state index in [1.54, 1.807) is 17.5 Å². The van der Waals surface area contributed by atoms with Crippen molar-refractivity contribution in [3.8, 4) is 21.7 Å². The zero-order chi connectivity index (χ0) is 35.8. The van der Waals surface area contributed by atoms with Gasteiger partial charge in [-0.1, -0.05) is 46.9 Å². The maximum absolute atomic E-state index is 13.1. The number of nitrogens with zero attached hydrogens (tertiary/aromatic N) is 4. The van der Waals surface area contributed by atoms with Crippen molar-refractivity contribution in [3.05, 3.63) is 60.8 Å². The molecule has 0 atom stereocenters. The maximum atomic E-state index is 13.1. The van der Waals surface area contributed by atoms with Gasteiger partial charge in [-0.15, -0.1) is 11.3 Å². The molecule has 4 rings (SSSR count). The van der Waals surface area contributed by atoms with Crippen LogP contribution in [0.5, 0.6) is 0 Å². The fourth-order valence-corrected chi connectivity index (χ4v) is 5.96. The molecule has 0 aliphatic heterocycles. The van der Waals surface area contributed by atoms with Crippen molar-refractivity contribution in [3.63, 3.8) is 0 Å². The molecule has 0 fully saturated rings. The molecule has 2 heterocycles. The Morgan fingerprint density at radius 3 is 1.84 bits per heavy atom. The van der Waals surface area contributed by atoms with Gasteiger partial charge in [-0.2, -0.15) is 0 Å². The summed E-state index contributed by atoms with van der Waals surface area (Å²) in [7, 11) is 4.08. The molecular weight excluding hydrogens is 771 g/mol. The number of thiazole rings is 1. The Hall–Kier alpha value is -2.92. The Labute approximate surface area is 313 Å².